The number of rotatable bonds is 0. The van der Waals surface area contributed by atoms with Crippen molar-refractivity contribution in [2.45, 2.75) is 56.3 Å². The van der Waals surface area contributed by atoms with E-state index in [0.29, 0.717) is 0 Å². The van der Waals surface area contributed by atoms with Crippen LogP contribution in [0.1, 0.15) is 45.4 Å². The molecule has 5 fully saturated rings. The fourth-order valence-corrected chi connectivity index (χ4v) is 7.06. The zero-order valence-corrected chi connectivity index (χ0v) is 11.1. The van der Waals surface area contributed by atoms with Crippen molar-refractivity contribution in [3.05, 3.63) is 0 Å². The van der Waals surface area contributed by atoms with Gasteiger partial charge in [-0.05, 0) is 63.2 Å². The molecule has 17 heavy (non-hydrogen) atoms. The molecule has 1 aliphatic heterocycles. The molecule has 96 valence electrons. The molecule has 3 nitrogen and oxygen atoms in total. The van der Waals surface area contributed by atoms with Gasteiger partial charge in [-0.15, -0.1) is 0 Å². The van der Waals surface area contributed by atoms with Crippen LogP contribution in [0.4, 0.5) is 0 Å². The second kappa shape index (κ2) is 3.08. The summed E-state index contributed by atoms with van der Waals surface area (Å²) >= 11 is 0. The Hall–Kier alpha value is -0.0900. The standard InChI is InChI=1S/C13H20O3S/c1-8-12-5-9-2-10-4-11(3-9)7-13(12,6-10)16-17(8,14)15/h8-12H,2-7H2,1H3. The molecule has 0 radical (unpaired) electrons. The molecule has 4 atom stereocenters. The molecule has 4 saturated carbocycles. The van der Waals surface area contributed by atoms with Gasteiger partial charge in [0.1, 0.15) is 0 Å². The van der Waals surface area contributed by atoms with Gasteiger partial charge in [0, 0.05) is 5.92 Å². The van der Waals surface area contributed by atoms with Gasteiger partial charge in [0.15, 0.2) is 0 Å². The van der Waals surface area contributed by atoms with E-state index in [4.69, 9.17) is 4.18 Å². The van der Waals surface area contributed by atoms with Gasteiger partial charge < -0.3 is 0 Å². The lowest BCUT2D eigenvalue weighted by atomic mass is 9.65. The van der Waals surface area contributed by atoms with Crippen molar-refractivity contribution in [1.29, 1.82) is 0 Å². The molecule has 1 saturated heterocycles. The van der Waals surface area contributed by atoms with Crippen LogP contribution < -0.4 is 0 Å². The fraction of sp³-hybridized carbons (Fsp3) is 1.00. The first-order chi connectivity index (χ1) is 7.98. The van der Waals surface area contributed by atoms with Crippen LogP contribution >= 0.6 is 0 Å². The molecule has 4 heteroatoms. The molecule has 4 unspecified atom stereocenters. The van der Waals surface area contributed by atoms with Crippen molar-refractivity contribution in [1.82, 2.24) is 0 Å². The van der Waals surface area contributed by atoms with Gasteiger partial charge >= 0.3 is 0 Å². The van der Waals surface area contributed by atoms with Gasteiger partial charge in [-0.1, -0.05) is 0 Å². The van der Waals surface area contributed by atoms with E-state index >= 15 is 0 Å². The monoisotopic (exact) mass is 256 g/mol. The Labute approximate surface area is 103 Å². The molecule has 1 spiro atoms. The Balaban J connectivity index is 1.83. The van der Waals surface area contributed by atoms with E-state index in [1.807, 2.05) is 6.92 Å². The summed E-state index contributed by atoms with van der Waals surface area (Å²) in [6.07, 6.45) is 7.08. The Kier molecular flexibility index (Phi) is 1.95. The van der Waals surface area contributed by atoms with Crippen LogP contribution in [0.25, 0.3) is 0 Å². The van der Waals surface area contributed by atoms with Gasteiger partial charge in [-0.25, -0.2) is 0 Å². The SMILES string of the molecule is CC1C2CC3CC4CC(C3)CC2(C4)OS1(=O)=O. The van der Waals surface area contributed by atoms with Crippen LogP contribution in [0.15, 0.2) is 0 Å². The van der Waals surface area contributed by atoms with Gasteiger partial charge in [0.05, 0.1) is 10.9 Å². The van der Waals surface area contributed by atoms with E-state index in [9.17, 15) is 8.42 Å². The Bertz CT molecular complexity index is 441. The van der Waals surface area contributed by atoms with Crippen LogP contribution in [0.5, 0.6) is 0 Å². The molecule has 5 aliphatic rings. The third-order valence-corrected chi connectivity index (χ3v) is 7.64. The van der Waals surface area contributed by atoms with E-state index in [1.54, 1.807) is 0 Å². The molecule has 4 aliphatic carbocycles. The Morgan fingerprint density at radius 1 is 1.00 bits per heavy atom. The van der Waals surface area contributed by atoms with Crippen LogP contribution in [0.3, 0.4) is 0 Å². The van der Waals surface area contributed by atoms with Crippen molar-refractivity contribution in [2.75, 3.05) is 0 Å². The minimum atomic E-state index is -3.29. The first-order valence-corrected chi connectivity index (χ1v) is 8.40. The highest BCUT2D eigenvalue weighted by atomic mass is 32.2. The molecule has 0 N–H and O–H groups in total. The molecular formula is C13H20O3S. The van der Waals surface area contributed by atoms with Crippen molar-refractivity contribution < 1.29 is 12.6 Å². The molecule has 0 aromatic carbocycles. The predicted molar refractivity (Wildman–Crippen MR) is 63.9 cm³/mol. The summed E-state index contributed by atoms with van der Waals surface area (Å²) in [6, 6.07) is 0. The van der Waals surface area contributed by atoms with Crippen molar-refractivity contribution in [3.8, 4) is 0 Å². The Morgan fingerprint density at radius 2 is 1.59 bits per heavy atom. The smallest absolute Gasteiger partial charge is 0.263 e. The van der Waals surface area contributed by atoms with Gasteiger partial charge in [0.2, 0.25) is 0 Å². The molecule has 4 bridgehead atoms. The van der Waals surface area contributed by atoms with E-state index in [0.717, 1.165) is 37.0 Å². The third kappa shape index (κ3) is 1.34. The maximum Gasteiger partial charge on any atom is 0.270 e. The average Bonchev–Trinajstić information content (AvgIpc) is 2.33. The lowest BCUT2D eigenvalue weighted by Crippen LogP contribution is -2.43. The summed E-state index contributed by atoms with van der Waals surface area (Å²) in [7, 11) is -3.29. The molecule has 0 aromatic heterocycles. The van der Waals surface area contributed by atoms with E-state index in [1.165, 1.54) is 19.3 Å². The van der Waals surface area contributed by atoms with Crippen molar-refractivity contribution in [2.24, 2.45) is 23.7 Å². The van der Waals surface area contributed by atoms with Crippen LogP contribution in [-0.2, 0) is 14.3 Å². The summed E-state index contributed by atoms with van der Waals surface area (Å²) in [6.45, 7) is 1.86. The highest BCUT2D eigenvalue weighted by molar-refractivity contribution is 7.87. The number of hydrogen-bond acceptors (Lipinski definition) is 3. The van der Waals surface area contributed by atoms with E-state index in [-0.39, 0.29) is 16.8 Å². The molecule has 0 amide bonds. The summed E-state index contributed by atoms with van der Waals surface area (Å²) < 4.78 is 29.7. The van der Waals surface area contributed by atoms with Crippen LogP contribution in [-0.4, -0.2) is 19.3 Å². The highest BCUT2D eigenvalue weighted by Crippen LogP contribution is 2.60. The molecule has 0 aromatic rings. The lowest BCUT2D eigenvalue weighted by molar-refractivity contribution is -0.0263. The predicted octanol–water partition coefficient (Wildman–Crippen LogP) is 2.32. The third-order valence-electron chi connectivity index (χ3n) is 5.84. The fourth-order valence-electron chi connectivity index (χ4n) is 5.42. The Morgan fingerprint density at radius 3 is 2.24 bits per heavy atom. The average molecular weight is 256 g/mol. The minimum Gasteiger partial charge on any atom is -0.263 e. The van der Waals surface area contributed by atoms with Crippen LogP contribution in [0, 0.1) is 23.7 Å². The van der Waals surface area contributed by atoms with Crippen molar-refractivity contribution in [3.63, 3.8) is 0 Å². The normalized spacial score (nSPS) is 59.0. The molecular weight excluding hydrogens is 236 g/mol. The topological polar surface area (TPSA) is 43.4 Å². The zero-order chi connectivity index (χ0) is 11.8. The van der Waals surface area contributed by atoms with Gasteiger partial charge in [-0.2, -0.15) is 8.42 Å². The first kappa shape index (κ1) is 10.8. The molecule has 5 rings (SSSR count). The zero-order valence-electron chi connectivity index (χ0n) is 10.3. The van der Waals surface area contributed by atoms with Gasteiger partial charge in [0.25, 0.3) is 10.1 Å². The second-order valence-electron chi connectivity index (χ2n) is 6.90. The summed E-state index contributed by atoms with van der Waals surface area (Å²) in [5, 5.41) is -0.277. The van der Waals surface area contributed by atoms with Gasteiger partial charge in [-0.3, -0.25) is 4.18 Å². The second-order valence-corrected chi connectivity index (χ2v) is 8.80. The van der Waals surface area contributed by atoms with Crippen LogP contribution in [0.2, 0.25) is 0 Å². The maximum absolute atomic E-state index is 12.0. The summed E-state index contributed by atoms with van der Waals surface area (Å²) in [5.74, 6) is 2.51. The lowest BCUT2D eigenvalue weighted by Gasteiger charge is -2.43. The largest absolute Gasteiger partial charge is 0.270 e. The number of hydrogen-bond donors (Lipinski definition) is 0. The van der Waals surface area contributed by atoms with Crippen molar-refractivity contribution >= 4 is 10.1 Å². The summed E-state index contributed by atoms with van der Waals surface area (Å²) in [4.78, 5) is 0. The van der Waals surface area contributed by atoms with E-state index in [2.05, 4.69) is 0 Å². The maximum atomic E-state index is 12.0. The van der Waals surface area contributed by atoms with E-state index < -0.39 is 10.1 Å². The highest BCUT2D eigenvalue weighted by Gasteiger charge is 2.62. The minimum absolute atomic E-state index is 0.271. The quantitative estimate of drug-likeness (QED) is 0.625. The summed E-state index contributed by atoms with van der Waals surface area (Å²) in [5.41, 5.74) is -0.295. The molecule has 1 heterocycles. The first-order valence-electron chi connectivity index (χ1n) is 6.93.